The van der Waals surface area contributed by atoms with Gasteiger partial charge in [0.05, 0.1) is 6.54 Å². The number of anilines is 1. The first-order valence-corrected chi connectivity index (χ1v) is 13.5. The lowest BCUT2D eigenvalue weighted by molar-refractivity contribution is 0.200. The van der Waals surface area contributed by atoms with Crippen LogP contribution in [0, 0.1) is 20.8 Å². The van der Waals surface area contributed by atoms with Crippen LogP contribution in [0.15, 0.2) is 77.6 Å². The lowest BCUT2D eigenvalue weighted by Crippen LogP contribution is -2.49. The average molecular weight is 520 g/mol. The Hall–Kier alpha value is -4.30. The van der Waals surface area contributed by atoms with Crippen molar-refractivity contribution in [3.05, 3.63) is 117 Å². The number of H-pyrrole nitrogens is 1. The van der Waals surface area contributed by atoms with E-state index in [0.29, 0.717) is 17.9 Å². The van der Waals surface area contributed by atoms with Crippen LogP contribution in [0.1, 0.15) is 39.7 Å². The van der Waals surface area contributed by atoms with Crippen LogP contribution in [0.5, 0.6) is 0 Å². The van der Waals surface area contributed by atoms with E-state index in [1.807, 2.05) is 41.9 Å². The number of piperazine rings is 1. The van der Waals surface area contributed by atoms with Crippen LogP contribution in [0.4, 0.5) is 5.69 Å². The molecular weight excluding hydrogens is 486 g/mol. The zero-order chi connectivity index (χ0) is 26.9. The summed E-state index contributed by atoms with van der Waals surface area (Å²) in [7, 11) is 0. The van der Waals surface area contributed by atoms with Gasteiger partial charge in [0.25, 0.3) is 5.56 Å². The molecule has 0 unspecified atom stereocenters. The third-order valence-electron chi connectivity index (χ3n) is 7.69. The van der Waals surface area contributed by atoms with Crippen molar-refractivity contribution in [2.24, 2.45) is 0 Å². The van der Waals surface area contributed by atoms with E-state index in [1.165, 1.54) is 16.8 Å². The fourth-order valence-corrected chi connectivity index (χ4v) is 5.59. The molecule has 5 aromatic rings. The Morgan fingerprint density at radius 3 is 2.41 bits per heavy atom. The van der Waals surface area contributed by atoms with Crippen molar-refractivity contribution in [3.8, 4) is 0 Å². The molecule has 1 saturated heterocycles. The van der Waals surface area contributed by atoms with E-state index >= 15 is 0 Å². The lowest BCUT2D eigenvalue weighted by atomic mass is 10.0. The van der Waals surface area contributed by atoms with E-state index < -0.39 is 0 Å². The number of hydrogen-bond acceptors (Lipinski definition) is 6. The largest absolute Gasteiger partial charge is 0.369 e. The number of aryl methyl sites for hydroxylation is 3. The molecule has 1 fully saturated rings. The van der Waals surface area contributed by atoms with E-state index in [0.717, 1.165) is 48.2 Å². The first-order valence-electron chi connectivity index (χ1n) is 13.5. The van der Waals surface area contributed by atoms with Crippen LogP contribution in [0.25, 0.3) is 10.9 Å². The van der Waals surface area contributed by atoms with Gasteiger partial charge in [0, 0.05) is 42.9 Å². The van der Waals surface area contributed by atoms with Crippen LogP contribution in [-0.4, -0.2) is 56.3 Å². The monoisotopic (exact) mass is 519 g/mol. The summed E-state index contributed by atoms with van der Waals surface area (Å²) in [5.41, 5.74) is 7.42. The molecule has 1 aliphatic heterocycles. The Balaban J connectivity index is 1.38. The number of rotatable bonds is 6. The summed E-state index contributed by atoms with van der Waals surface area (Å²) in [5, 5.41) is 13.9. The summed E-state index contributed by atoms with van der Waals surface area (Å²) in [6, 6.07) is 24.5. The zero-order valence-electron chi connectivity index (χ0n) is 22.6. The van der Waals surface area contributed by atoms with Crippen LogP contribution in [-0.2, 0) is 6.54 Å². The fourth-order valence-electron chi connectivity index (χ4n) is 5.59. The van der Waals surface area contributed by atoms with Crippen molar-refractivity contribution >= 4 is 16.6 Å². The number of nitrogens with zero attached hydrogens (tertiary/aromatic N) is 6. The van der Waals surface area contributed by atoms with Gasteiger partial charge in [0.1, 0.15) is 6.04 Å². The Morgan fingerprint density at radius 2 is 1.62 bits per heavy atom. The molecule has 1 aliphatic rings. The number of nitrogens with one attached hydrogen (secondary N) is 1. The van der Waals surface area contributed by atoms with Crippen molar-refractivity contribution in [2.45, 2.75) is 33.4 Å². The number of pyridine rings is 1. The van der Waals surface area contributed by atoms with E-state index in [-0.39, 0.29) is 11.6 Å². The smallest absolute Gasteiger partial charge is 0.253 e. The first kappa shape index (κ1) is 25.0. The maximum Gasteiger partial charge on any atom is 0.253 e. The standard InChI is InChI=1S/C31H33N7O/c1-21-10-12-25-19-26(31(39)32-27(25)17-21)29(30-33-34-35-38(30)20-24-7-5-4-6-8-24)37-15-13-36(14-16-37)28-18-22(2)9-11-23(28)3/h4-12,17-19,29H,13-16,20H2,1-3H3,(H,32,39)/t29-/m1/s1. The average Bonchev–Trinajstić information content (AvgIpc) is 3.39. The van der Waals surface area contributed by atoms with Gasteiger partial charge in [-0.1, -0.05) is 54.6 Å². The number of fused-ring (bicyclic) bond motifs is 1. The molecule has 0 amide bonds. The third-order valence-corrected chi connectivity index (χ3v) is 7.69. The highest BCUT2D eigenvalue weighted by molar-refractivity contribution is 5.79. The van der Waals surface area contributed by atoms with Gasteiger partial charge < -0.3 is 9.88 Å². The molecular formula is C31H33N7O. The lowest BCUT2D eigenvalue weighted by Gasteiger charge is -2.40. The minimum absolute atomic E-state index is 0.107. The molecule has 0 aliphatic carbocycles. The summed E-state index contributed by atoms with van der Waals surface area (Å²) in [4.78, 5) is 21.5. The number of aromatic amines is 1. The number of benzene rings is 3. The predicted octanol–water partition coefficient (Wildman–Crippen LogP) is 4.40. The van der Waals surface area contributed by atoms with Gasteiger partial charge in [0.15, 0.2) is 5.82 Å². The Bertz CT molecular complexity index is 1670. The Labute approximate surface area is 227 Å². The van der Waals surface area contributed by atoms with Crippen molar-refractivity contribution in [1.82, 2.24) is 30.1 Å². The van der Waals surface area contributed by atoms with E-state index in [1.54, 1.807) is 0 Å². The fraction of sp³-hybridized carbons (Fsp3) is 0.290. The number of tetrazole rings is 1. The molecule has 1 N–H and O–H groups in total. The summed E-state index contributed by atoms with van der Waals surface area (Å²) >= 11 is 0. The summed E-state index contributed by atoms with van der Waals surface area (Å²) < 4.78 is 1.83. The molecule has 0 bridgehead atoms. The highest BCUT2D eigenvalue weighted by Crippen LogP contribution is 2.30. The van der Waals surface area contributed by atoms with Crippen LogP contribution < -0.4 is 10.5 Å². The molecule has 0 saturated carbocycles. The predicted molar refractivity (Wildman–Crippen MR) is 154 cm³/mol. The SMILES string of the molecule is Cc1ccc(C)c(N2CCN([C@H](c3cc4ccc(C)cc4[nH]c3=O)c3nnnn3Cc3ccccc3)CC2)c1. The highest BCUT2D eigenvalue weighted by atomic mass is 16.1. The molecule has 39 heavy (non-hydrogen) atoms. The van der Waals surface area contributed by atoms with E-state index in [9.17, 15) is 4.79 Å². The van der Waals surface area contributed by atoms with Crippen LogP contribution in [0.2, 0.25) is 0 Å². The van der Waals surface area contributed by atoms with Crippen molar-refractivity contribution in [2.75, 3.05) is 31.1 Å². The maximum absolute atomic E-state index is 13.6. The van der Waals surface area contributed by atoms with Gasteiger partial charge in [0.2, 0.25) is 0 Å². The minimum Gasteiger partial charge on any atom is -0.369 e. The van der Waals surface area contributed by atoms with Gasteiger partial charge in [-0.2, -0.15) is 0 Å². The second-order valence-electron chi connectivity index (χ2n) is 10.5. The minimum atomic E-state index is -0.376. The van der Waals surface area contributed by atoms with Gasteiger partial charge in [-0.25, -0.2) is 4.68 Å². The molecule has 8 nitrogen and oxygen atoms in total. The molecule has 198 valence electrons. The third kappa shape index (κ3) is 5.07. The zero-order valence-corrected chi connectivity index (χ0v) is 22.6. The Kier molecular flexibility index (Phi) is 6.70. The van der Waals surface area contributed by atoms with Gasteiger partial charge in [-0.05, 0) is 77.0 Å². The van der Waals surface area contributed by atoms with Crippen LogP contribution in [0.3, 0.4) is 0 Å². The van der Waals surface area contributed by atoms with Crippen molar-refractivity contribution in [1.29, 1.82) is 0 Å². The second-order valence-corrected chi connectivity index (χ2v) is 10.5. The summed E-state index contributed by atoms with van der Waals surface area (Å²) in [5.74, 6) is 0.677. The molecule has 1 atom stereocenters. The molecule has 3 heterocycles. The molecule has 8 heteroatoms. The molecule has 2 aromatic heterocycles. The molecule has 0 radical (unpaired) electrons. The highest BCUT2D eigenvalue weighted by Gasteiger charge is 2.33. The normalized spacial score (nSPS) is 15.1. The quantitative estimate of drug-likeness (QED) is 0.358. The van der Waals surface area contributed by atoms with Crippen molar-refractivity contribution in [3.63, 3.8) is 0 Å². The van der Waals surface area contributed by atoms with Gasteiger partial charge in [-0.3, -0.25) is 9.69 Å². The van der Waals surface area contributed by atoms with Gasteiger partial charge >= 0.3 is 0 Å². The van der Waals surface area contributed by atoms with E-state index in [4.69, 9.17) is 0 Å². The van der Waals surface area contributed by atoms with Gasteiger partial charge in [-0.15, -0.1) is 5.10 Å². The van der Waals surface area contributed by atoms with E-state index in [2.05, 4.69) is 86.6 Å². The molecule has 0 spiro atoms. The number of aromatic nitrogens is 5. The maximum atomic E-state index is 13.6. The summed E-state index contributed by atoms with van der Waals surface area (Å²) in [6.07, 6.45) is 0. The topological polar surface area (TPSA) is 82.9 Å². The van der Waals surface area contributed by atoms with Crippen molar-refractivity contribution < 1.29 is 0 Å². The Morgan fingerprint density at radius 1 is 0.872 bits per heavy atom. The van der Waals surface area contributed by atoms with Crippen LogP contribution >= 0.6 is 0 Å². The summed E-state index contributed by atoms with van der Waals surface area (Å²) in [6.45, 7) is 10.1. The number of hydrogen-bond donors (Lipinski definition) is 1. The molecule has 3 aromatic carbocycles. The molecule has 6 rings (SSSR count). The first-order chi connectivity index (χ1) is 19.0. The second kappa shape index (κ2) is 10.5.